The van der Waals surface area contributed by atoms with Gasteiger partial charge in [0.05, 0.1) is 6.42 Å². The van der Waals surface area contributed by atoms with Gasteiger partial charge in [-0.25, -0.2) is 0 Å². The number of hydrogen-bond donors (Lipinski definition) is 2. The maximum absolute atomic E-state index is 12.0. The van der Waals surface area contributed by atoms with Crippen molar-refractivity contribution in [2.75, 3.05) is 0 Å². The van der Waals surface area contributed by atoms with Gasteiger partial charge in [0.1, 0.15) is 5.75 Å². The van der Waals surface area contributed by atoms with E-state index in [9.17, 15) is 9.90 Å². The third-order valence-electron chi connectivity index (χ3n) is 3.80. The van der Waals surface area contributed by atoms with Gasteiger partial charge in [-0.3, -0.25) is 4.79 Å². The smallest absolute Gasteiger partial charge is 0.224 e. The zero-order valence-electron chi connectivity index (χ0n) is 10.9. The number of benzene rings is 1. The number of phenolic OH excluding ortho intramolecular Hbond substituents is 1. The van der Waals surface area contributed by atoms with Crippen molar-refractivity contribution in [1.29, 1.82) is 0 Å². The number of nitrogens with one attached hydrogen (secondary N) is 1. The van der Waals surface area contributed by atoms with Crippen molar-refractivity contribution in [3.63, 3.8) is 0 Å². The molecule has 0 aromatic heterocycles. The third-order valence-corrected chi connectivity index (χ3v) is 3.80. The normalized spacial score (nSPS) is 23.6. The van der Waals surface area contributed by atoms with E-state index in [1.54, 1.807) is 18.2 Å². The molecule has 1 amide bonds. The maximum Gasteiger partial charge on any atom is 0.224 e. The molecule has 1 aromatic carbocycles. The van der Waals surface area contributed by atoms with Gasteiger partial charge in [0.25, 0.3) is 0 Å². The Morgan fingerprint density at radius 2 is 2.06 bits per heavy atom. The van der Waals surface area contributed by atoms with Crippen LogP contribution in [0.1, 0.15) is 38.2 Å². The maximum atomic E-state index is 12.0. The number of carbonyl (C=O) groups is 1. The quantitative estimate of drug-likeness (QED) is 0.862. The lowest BCUT2D eigenvalue weighted by atomic mass is 9.86. The molecule has 1 fully saturated rings. The molecule has 3 heteroatoms. The number of aromatic hydroxyl groups is 1. The first kappa shape index (κ1) is 12.9. The van der Waals surface area contributed by atoms with Crippen molar-refractivity contribution >= 4 is 5.91 Å². The Labute approximate surface area is 108 Å². The molecule has 1 aromatic rings. The Morgan fingerprint density at radius 1 is 1.33 bits per heavy atom. The Balaban J connectivity index is 1.90. The minimum absolute atomic E-state index is 0.00949. The Morgan fingerprint density at radius 3 is 2.78 bits per heavy atom. The van der Waals surface area contributed by atoms with Crippen LogP contribution in [0.3, 0.4) is 0 Å². The summed E-state index contributed by atoms with van der Waals surface area (Å²) in [5, 5.41) is 12.7. The molecule has 98 valence electrons. The van der Waals surface area contributed by atoms with Crippen LogP contribution in [-0.2, 0) is 11.2 Å². The highest BCUT2D eigenvalue weighted by molar-refractivity contribution is 5.79. The molecule has 0 radical (unpaired) electrons. The van der Waals surface area contributed by atoms with E-state index in [1.807, 2.05) is 6.07 Å². The number of rotatable bonds is 3. The highest BCUT2D eigenvalue weighted by atomic mass is 16.3. The fraction of sp³-hybridized carbons (Fsp3) is 0.533. The third kappa shape index (κ3) is 3.25. The van der Waals surface area contributed by atoms with Crippen LogP contribution in [0.15, 0.2) is 24.3 Å². The van der Waals surface area contributed by atoms with E-state index >= 15 is 0 Å². The molecule has 1 saturated carbocycles. The standard InChI is InChI=1S/C15H21NO2/c1-11-6-2-4-8-13(11)16-15(18)10-12-7-3-5-9-14(12)17/h3,5,7,9,11,13,17H,2,4,6,8,10H2,1H3,(H,16,18). The minimum atomic E-state index is 0.00949. The van der Waals surface area contributed by atoms with Crippen molar-refractivity contribution in [3.05, 3.63) is 29.8 Å². The van der Waals surface area contributed by atoms with Crippen LogP contribution in [0.4, 0.5) is 0 Å². The summed E-state index contributed by atoms with van der Waals surface area (Å²) in [7, 11) is 0. The predicted octanol–water partition coefficient (Wildman–Crippen LogP) is 2.63. The largest absolute Gasteiger partial charge is 0.508 e. The van der Waals surface area contributed by atoms with Crippen LogP contribution in [0.2, 0.25) is 0 Å². The van der Waals surface area contributed by atoms with E-state index in [-0.39, 0.29) is 18.1 Å². The molecule has 2 atom stereocenters. The van der Waals surface area contributed by atoms with Crippen molar-refractivity contribution in [2.24, 2.45) is 5.92 Å². The lowest BCUT2D eigenvalue weighted by Gasteiger charge is -2.29. The average Bonchev–Trinajstić information content (AvgIpc) is 2.35. The lowest BCUT2D eigenvalue weighted by molar-refractivity contribution is -0.121. The first-order valence-electron chi connectivity index (χ1n) is 6.73. The first-order chi connectivity index (χ1) is 8.66. The second-order valence-corrected chi connectivity index (χ2v) is 5.24. The van der Waals surface area contributed by atoms with Gasteiger partial charge < -0.3 is 10.4 Å². The molecule has 0 spiro atoms. The molecule has 0 heterocycles. The number of amides is 1. The molecule has 0 bridgehead atoms. The van der Waals surface area contributed by atoms with Crippen LogP contribution in [0.25, 0.3) is 0 Å². The molecule has 0 aliphatic heterocycles. The van der Waals surface area contributed by atoms with E-state index in [2.05, 4.69) is 12.2 Å². The predicted molar refractivity (Wildman–Crippen MR) is 71.4 cm³/mol. The van der Waals surface area contributed by atoms with Crippen LogP contribution < -0.4 is 5.32 Å². The second kappa shape index (κ2) is 5.89. The molecule has 1 aliphatic carbocycles. The van der Waals surface area contributed by atoms with Crippen molar-refractivity contribution < 1.29 is 9.90 Å². The van der Waals surface area contributed by atoms with Gasteiger partial charge in [-0.2, -0.15) is 0 Å². The lowest BCUT2D eigenvalue weighted by Crippen LogP contribution is -2.41. The first-order valence-corrected chi connectivity index (χ1v) is 6.73. The van der Waals surface area contributed by atoms with Crippen molar-refractivity contribution in [1.82, 2.24) is 5.32 Å². The number of hydrogen-bond acceptors (Lipinski definition) is 2. The van der Waals surface area contributed by atoms with Crippen LogP contribution >= 0.6 is 0 Å². The molecule has 2 rings (SSSR count). The molecule has 18 heavy (non-hydrogen) atoms. The Kier molecular flexibility index (Phi) is 4.24. The van der Waals surface area contributed by atoms with Gasteiger partial charge >= 0.3 is 0 Å². The summed E-state index contributed by atoms with van der Waals surface area (Å²) in [6.45, 7) is 2.20. The van der Waals surface area contributed by atoms with Crippen LogP contribution in [0.5, 0.6) is 5.75 Å². The van der Waals surface area contributed by atoms with Gasteiger partial charge in [-0.1, -0.05) is 38.0 Å². The molecule has 2 N–H and O–H groups in total. The van der Waals surface area contributed by atoms with Gasteiger partial charge in [-0.05, 0) is 24.8 Å². The summed E-state index contributed by atoms with van der Waals surface area (Å²) in [6, 6.07) is 7.31. The Bertz CT molecular complexity index is 417. The van der Waals surface area contributed by atoms with Crippen LogP contribution in [0, 0.1) is 5.92 Å². The molecular formula is C15H21NO2. The number of phenols is 1. The molecule has 2 unspecified atom stereocenters. The van der Waals surface area contributed by atoms with Crippen molar-refractivity contribution in [2.45, 2.75) is 45.1 Å². The monoisotopic (exact) mass is 247 g/mol. The summed E-state index contributed by atoms with van der Waals surface area (Å²) >= 11 is 0. The number of para-hydroxylation sites is 1. The summed E-state index contributed by atoms with van der Waals surface area (Å²) < 4.78 is 0. The van der Waals surface area contributed by atoms with Gasteiger partial charge in [0.2, 0.25) is 5.91 Å². The minimum Gasteiger partial charge on any atom is -0.508 e. The van der Waals surface area contributed by atoms with Gasteiger partial charge in [0, 0.05) is 11.6 Å². The SMILES string of the molecule is CC1CCCCC1NC(=O)Cc1ccccc1O. The van der Waals surface area contributed by atoms with Gasteiger partial charge in [0.15, 0.2) is 0 Å². The molecule has 1 aliphatic rings. The molecule has 0 saturated heterocycles. The average molecular weight is 247 g/mol. The van der Waals surface area contributed by atoms with E-state index in [1.165, 1.54) is 19.3 Å². The van der Waals surface area contributed by atoms with E-state index in [0.717, 1.165) is 6.42 Å². The fourth-order valence-electron chi connectivity index (χ4n) is 2.62. The topological polar surface area (TPSA) is 49.3 Å². The summed E-state index contributed by atoms with van der Waals surface area (Å²) in [4.78, 5) is 12.0. The van der Waals surface area contributed by atoms with E-state index < -0.39 is 0 Å². The number of carbonyl (C=O) groups excluding carboxylic acids is 1. The summed E-state index contributed by atoms with van der Waals surface area (Å²) in [6.07, 6.45) is 5.00. The highest BCUT2D eigenvalue weighted by Gasteiger charge is 2.22. The summed E-state index contributed by atoms with van der Waals surface area (Å²) in [5.74, 6) is 0.770. The van der Waals surface area contributed by atoms with E-state index in [4.69, 9.17) is 0 Å². The van der Waals surface area contributed by atoms with E-state index in [0.29, 0.717) is 17.5 Å². The zero-order chi connectivity index (χ0) is 13.0. The zero-order valence-corrected chi connectivity index (χ0v) is 10.9. The summed E-state index contributed by atoms with van der Waals surface area (Å²) in [5.41, 5.74) is 0.693. The van der Waals surface area contributed by atoms with Crippen LogP contribution in [-0.4, -0.2) is 17.1 Å². The molecular weight excluding hydrogens is 226 g/mol. The molecule has 3 nitrogen and oxygen atoms in total. The Hall–Kier alpha value is -1.51. The van der Waals surface area contributed by atoms with Gasteiger partial charge in [-0.15, -0.1) is 0 Å². The van der Waals surface area contributed by atoms with Crippen molar-refractivity contribution in [3.8, 4) is 5.75 Å². The second-order valence-electron chi connectivity index (χ2n) is 5.24. The fourth-order valence-corrected chi connectivity index (χ4v) is 2.62. The highest BCUT2D eigenvalue weighted by Crippen LogP contribution is 2.24.